The topological polar surface area (TPSA) is 87.8 Å². The van der Waals surface area contributed by atoms with Crippen LogP contribution in [0.15, 0.2) is 77.8 Å². The highest BCUT2D eigenvalue weighted by molar-refractivity contribution is 6.20. The van der Waals surface area contributed by atoms with Gasteiger partial charge in [0.1, 0.15) is 5.82 Å². The van der Waals surface area contributed by atoms with Crippen molar-refractivity contribution in [2.75, 3.05) is 11.9 Å². The SMILES string of the molecule is Cc1cccc(C[C@@H](N)C(=O)NC2N=C(c3ccccc3F)c3ccccc3N(C)C2=O)c1. The summed E-state index contributed by atoms with van der Waals surface area (Å²) in [5, 5.41) is 2.66. The molecule has 3 N–H and O–H groups in total. The fourth-order valence-corrected chi connectivity index (χ4v) is 3.91. The molecule has 3 aromatic rings. The van der Waals surface area contributed by atoms with Crippen molar-refractivity contribution in [1.29, 1.82) is 0 Å². The van der Waals surface area contributed by atoms with Gasteiger partial charge in [-0.25, -0.2) is 9.38 Å². The largest absolute Gasteiger partial charge is 0.325 e. The molecule has 0 spiro atoms. The number of carbonyl (C=O) groups excluding carboxylic acids is 2. The van der Waals surface area contributed by atoms with E-state index in [0.717, 1.165) is 11.1 Å². The zero-order chi connectivity index (χ0) is 23.5. The Morgan fingerprint density at radius 1 is 1.09 bits per heavy atom. The Bertz CT molecular complexity index is 1240. The first-order valence-electron chi connectivity index (χ1n) is 10.7. The van der Waals surface area contributed by atoms with Gasteiger partial charge in [0.15, 0.2) is 0 Å². The molecule has 0 bridgehead atoms. The monoisotopic (exact) mass is 444 g/mol. The number of aliphatic imine (C=N–C) groups is 1. The lowest BCUT2D eigenvalue weighted by Crippen LogP contribution is -2.51. The van der Waals surface area contributed by atoms with E-state index >= 15 is 0 Å². The third kappa shape index (κ3) is 4.68. The molecule has 6 nitrogen and oxygen atoms in total. The number of nitrogens with one attached hydrogen (secondary N) is 1. The van der Waals surface area contributed by atoms with E-state index in [0.29, 0.717) is 23.4 Å². The maximum atomic E-state index is 14.7. The number of aryl methyl sites for hydroxylation is 1. The van der Waals surface area contributed by atoms with Gasteiger partial charge in [0.05, 0.1) is 17.4 Å². The van der Waals surface area contributed by atoms with E-state index in [1.807, 2.05) is 31.2 Å². The standard InChI is InChI=1S/C26H25FN4O2/c1-16-8-7-9-17(14-16)15-21(28)25(32)30-24-26(33)31(2)22-13-6-4-11-19(22)23(29-24)18-10-3-5-12-20(18)27/h3-14,21,24H,15,28H2,1-2H3,(H,30,32)/t21-,24?/m1/s1. The molecule has 0 saturated heterocycles. The number of hydrogen-bond donors (Lipinski definition) is 2. The Morgan fingerprint density at radius 2 is 1.79 bits per heavy atom. The van der Waals surface area contributed by atoms with E-state index in [1.54, 1.807) is 49.5 Å². The normalized spacial score (nSPS) is 16.5. The van der Waals surface area contributed by atoms with Gasteiger partial charge in [-0.2, -0.15) is 0 Å². The van der Waals surface area contributed by atoms with E-state index in [4.69, 9.17) is 5.73 Å². The predicted molar refractivity (Wildman–Crippen MR) is 127 cm³/mol. The second-order valence-corrected chi connectivity index (χ2v) is 8.08. The second-order valence-electron chi connectivity index (χ2n) is 8.08. The Morgan fingerprint density at radius 3 is 2.52 bits per heavy atom. The van der Waals surface area contributed by atoms with Crippen molar-refractivity contribution in [2.45, 2.75) is 25.6 Å². The number of halogens is 1. The third-order valence-corrected chi connectivity index (χ3v) is 5.63. The Balaban J connectivity index is 1.67. The van der Waals surface area contributed by atoms with Crippen molar-refractivity contribution >= 4 is 23.2 Å². The highest BCUT2D eigenvalue weighted by Gasteiger charge is 2.32. The third-order valence-electron chi connectivity index (χ3n) is 5.63. The van der Waals surface area contributed by atoms with Crippen molar-refractivity contribution in [2.24, 2.45) is 10.7 Å². The number of amides is 2. The number of hydrogen-bond acceptors (Lipinski definition) is 4. The van der Waals surface area contributed by atoms with Crippen LogP contribution < -0.4 is 16.0 Å². The Hall–Kier alpha value is -3.84. The van der Waals surface area contributed by atoms with Crippen LogP contribution in [-0.4, -0.2) is 36.8 Å². The molecule has 3 aromatic carbocycles. The van der Waals surface area contributed by atoms with Crippen LogP contribution in [0.1, 0.15) is 22.3 Å². The van der Waals surface area contributed by atoms with Gasteiger partial charge in [-0.05, 0) is 37.1 Å². The van der Waals surface area contributed by atoms with E-state index in [1.165, 1.54) is 11.0 Å². The molecule has 4 rings (SSSR count). The molecule has 0 aromatic heterocycles. The van der Waals surface area contributed by atoms with Gasteiger partial charge in [0.25, 0.3) is 5.91 Å². The van der Waals surface area contributed by atoms with Gasteiger partial charge in [-0.15, -0.1) is 0 Å². The lowest BCUT2D eigenvalue weighted by molar-refractivity contribution is -0.128. The van der Waals surface area contributed by atoms with Gasteiger partial charge in [-0.1, -0.05) is 60.2 Å². The van der Waals surface area contributed by atoms with Crippen LogP contribution in [-0.2, 0) is 16.0 Å². The number of benzodiazepines with no additional fused rings is 1. The smallest absolute Gasteiger partial charge is 0.272 e. The summed E-state index contributed by atoms with van der Waals surface area (Å²) in [7, 11) is 1.60. The molecule has 0 radical (unpaired) electrons. The zero-order valence-corrected chi connectivity index (χ0v) is 18.5. The number of para-hydroxylation sites is 1. The Labute approximate surface area is 191 Å². The summed E-state index contributed by atoms with van der Waals surface area (Å²) < 4.78 is 14.7. The minimum absolute atomic E-state index is 0.247. The summed E-state index contributed by atoms with van der Waals surface area (Å²) in [6.07, 6.45) is -0.929. The first-order chi connectivity index (χ1) is 15.8. The van der Waals surface area contributed by atoms with Crippen LogP contribution in [0, 0.1) is 12.7 Å². The van der Waals surface area contributed by atoms with Crippen LogP contribution in [0.4, 0.5) is 10.1 Å². The molecule has 0 fully saturated rings. The highest BCUT2D eigenvalue weighted by atomic mass is 19.1. The van der Waals surface area contributed by atoms with E-state index in [-0.39, 0.29) is 5.56 Å². The number of likely N-dealkylation sites (N-methyl/N-ethyl adjacent to an activating group) is 1. The molecule has 2 amide bonds. The number of nitrogens with two attached hydrogens (primary N) is 1. The first kappa shape index (κ1) is 22.4. The van der Waals surface area contributed by atoms with Gasteiger partial charge in [0.2, 0.25) is 12.1 Å². The van der Waals surface area contributed by atoms with Gasteiger partial charge < -0.3 is 16.0 Å². The summed E-state index contributed by atoms with van der Waals surface area (Å²) in [5.41, 5.74) is 9.84. The fraction of sp³-hybridized carbons (Fsp3) is 0.192. The molecule has 1 aliphatic rings. The maximum Gasteiger partial charge on any atom is 0.272 e. The lowest BCUT2D eigenvalue weighted by atomic mass is 10.00. The lowest BCUT2D eigenvalue weighted by Gasteiger charge is -2.22. The summed E-state index contributed by atoms with van der Waals surface area (Å²) in [5.74, 6) is -1.42. The Kier molecular flexibility index (Phi) is 6.33. The quantitative estimate of drug-likeness (QED) is 0.634. The van der Waals surface area contributed by atoms with Crippen LogP contribution in [0.5, 0.6) is 0 Å². The van der Waals surface area contributed by atoms with Crippen molar-refractivity contribution in [3.05, 3.63) is 101 Å². The first-order valence-corrected chi connectivity index (χ1v) is 10.7. The molecule has 168 valence electrons. The molecular weight excluding hydrogens is 419 g/mol. The van der Waals surface area contributed by atoms with Gasteiger partial charge in [-0.3, -0.25) is 9.59 Å². The summed E-state index contributed by atoms with van der Waals surface area (Å²) in [6.45, 7) is 1.96. The van der Waals surface area contributed by atoms with Crippen molar-refractivity contribution < 1.29 is 14.0 Å². The highest BCUT2D eigenvalue weighted by Crippen LogP contribution is 2.28. The summed E-state index contributed by atoms with van der Waals surface area (Å²) >= 11 is 0. The molecule has 0 aliphatic carbocycles. The predicted octanol–water partition coefficient (Wildman–Crippen LogP) is 2.96. The number of anilines is 1. The average molecular weight is 445 g/mol. The maximum absolute atomic E-state index is 14.7. The zero-order valence-electron chi connectivity index (χ0n) is 18.5. The second kappa shape index (κ2) is 9.34. The molecule has 1 aliphatic heterocycles. The van der Waals surface area contributed by atoms with E-state index < -0.39 is 29.8 Å². The summed E-state index contributed by atoms with van der Waals surface area (Å²) in [4.78, 5) is 32.0. The van der Waals surface area contributed by atoms with Gasteiger partial charge >= 0.3 is 0 Å². The minimum atomic E-state index is -1.24. The van der Waals surface area contributed by atoms with E-state index in [2.05, 4.69) is 10.3 Å². The van der Waals surface area contributed by atoms with Crippen LogP contribution in [0.3, 0.4) is 0 Å². The number of nitrogens with zero attached hydrogens (tertiary/aromatic N) is 2. The van der Waals surface area contributed by atoms with Crippen molar-refractivity contribution in [3.63, 3.8) is 0 Å². The van der Waals surface area contributed by atoms with Crippen molar-refractivity contribution in [3.8, 4) is 0 Å². The van der Waals surface area contributed by atoms with Crippen LogP contribution in [0.2, 0.25) is 0 Å². The minimum Gasteiger partial charge on any atom is -0.325 e. The molecule has 2 atom stereocenters. The molecule has 1 heterocycles. The number of rotatable bonds is 5. The molecule has 0 saturated carbocycles. The average Bonchev–Trinajstić information content (AvgIpc) is 2.90. The molecule has 1 unspecified atom stereocenters. The van der Waals surface area contributed by atoms with Crippen LogP contribution in [0.25, 0.3) is 0 Å². The number of benzene rings is 3. The number of fused-ring (bicyclic) bond motifs is 1. The van der Waals surface area contributed by atoms with Gasteiger partial charge in [0, 0.05) is 18.2 Å². The van der Waals surface area contributed by atoms with E-state index in [9.17, 15) is 14.0 Å². The molecule has 33 heavy (non-hydrogen) atoms. The van der Waals surface area contributed by atoms with Crippen molar-refractivity contribution in [1.82, 2.24) is 5.32 Å². The number of carbonyl (C=O) groups is 2. The fourth-order valence-electron chi connectivity index (χ4n) is 3.91. The molecular formula is C26H25FN4O2. The van der Waals surface area contributed by atoms with Crippen LogP contribution >= 0.6 is 0 Å². The molecule has 7 heteroatoms. The summed E-state index contributed by atoms with van der Waals surface area (Å²) in [6, 6.07) is 20.2.